The Morgan fingerprint density at radius 3 is 1.50 bits per heavy atom. The van der Waals surface area contributed by atoms with E-state index in [4.69, 9.17) is 0 Å². The molecule has 0 saturated carbocycles. The molecule has 0 aromatic rings. The molecule has 1 aliphatic rings. The van der Waals surface area contributed by atoms with Gasteiger partial charge in [-0.1, -0.05) is 0 Å². The zero-order valence-electron chi connectivity index (χ0n) is 12.4. The van der Waals surface area contributed by atoms with Crippen molar-refractivity contribution in [3.63, 3.8) is 0 Å². The molecule has 4 nitrogen and oxygen atoms in total. The Labute approximate surface area is 112 Å². The summed E-state index contributed by atoms with van der Waals surface area (Å²) in [6.45, 7) is 10.4. The van der Waals surface area contributed by atoms with Crippen molar-refractivity contribution in [3.05, 3.63) is 0 Å². The minimum absolute atomic E-state index is 0.919. The summed E-state index contributed by atoms with van der Waals surface area (Å²) in [5.74, 6) is 0. The maximum Gasteiger partial charge on any atom is 0.0515 e. The van der Waals surface area contributed by atoms with Crippen LogP contribution in [0, 0.1) is 0 Å². The third-order valence-corrected chi connectivity index (χ3v) is 3.44. The van der Waals surface area contributed by atoms with Crippen molar-refractivity contribution in [2.75, 3.05) is 53.4 Å². The van der Waals surface area contributed by atoms with E-state index in [-0.39, 0.29) is 0 Å². The van der Waals surface area contributed by atoms with Crippen molar-refractivity contribution >= 4 is 11.4 Å². The van der Waals surface area contributed by atoms with Gasteiger partial charge in [-0.15, -0.1) is 0 Å². The first-order valence-corrected chi connectivity index (χ1v) is 6.95. The normalized spacial score (nSPS) is 23.1. The Morgan fingerprint density at radius 1 is 0.722 bits per heavy atom. The highest BCUT2D eigenvalue weighted by atomic mass is 15.1. The van der Waals surface area contributed by atoms with Gasteiger partial charge in [-0.2, -0.15) is 0 Å². The highest BCUT2D eigenvalue weighted by Gasteiger charge is 2.03. The molecule has 0 aliphatic carbocycles. The van der Waals surface area contributed by atoms with E-state index >= 15 is 0 Å². The summed E-state index contributed by atoms with van der Waals surface area (Å²) in [7, 11) is 4.33. The minimum atomic E-state index is 0.919. The number of likely N-dealkylation sites (N-methyl/N-ethyl adjacent to an activating group) is 2. The molecule has 1 rings (SSSR count). The van der Waals surface area contributed by atoms with Crippen LogP contribution in [0.4, 0.5) is 0 Å². The average molecular weight is 252 g/mol. The van der Waals surface area contributed by atoms with Crippen LogP contribution >= 0.6 is 0 Å². The number of nitrogens with zero attached hydrogens (tertiary/aromatic N) is 4. The molecule has 0 amide bonds. The number of aliphatic imine (C=N–C) groups is 2. The van der Waals surface area contributed by atoms with Gasteiger partial charge < -0.3 is 9.80 Å². The summed E-state index contributed by atoms with van der Waals surface area (Å²) in [6, 6.07) is 0. The van der Waals surface area contributed by atoms with Crippen LogP contribution in [0.5, 0.6) is 0 Å². The van der Waals surface area contributed by atoms with E-state index in [1.54, 1.807) is 0 Å². The maximum atomic E-state index is 4.63. The Kier molecular flexibility index (Phi) is 7.13. The van der Waals surface area contributed by atoms with E-state index in [9.17, 15) is 0 Å². The first kappa shape index (κ1) is 15.3. The molecule has 1 heterocycles. The Balaban J connectivity index is 2.53. The van der Waals surface area contributed by atoms with Crippen molar-refractivity contribution in [2.24, 2.45) is 9.98 Å². The summed E-state index contributed by atoms with van der Waals surface area (Å²) in [4.78, 5) is 13.9. The molecule has 0 fully saturated rings. The van der Waals surface area contributed by atoms with Gasteiger partial charge in [-0.05, 0) is 40.8 Å². The van der Waals surface area contributed by atoms with Gasteiger partial charge in [0.2, 0.25) is 0 Å². The molecule has 0 radical (unpaired) electrons. The van der Waals surface area contributed by atoms with Crippen molar-refractivity contribution in [2.45, 2.75) is 26.7 Å². The number of hydrogen-bond donors (Lipinski definition) is 0. The molecule has 104 valence electrons. The molecule has 0 bridgehead atoms. The summed E-state index contributed by atoms with van der Waals surface area (Å²) in [6.07, 6.45) is 2.14. The predicted molar refractivity (Wildman–Crippen MR) is 80.2 cm³/mol. The van der Waals surface area contributed by atoms with Gasteiger partial charge in [0.1, 0.15) is 0 Å². The zero-order valence-corrected chi connectivity index (χ0v) is 12.4. The van der Waals surface area contributed by atoms with Gasteiger partial charge in [0.15, 0.2) is 0 Å². The standard InChI is InChI=1S/C14H28N4/c1-13-5-9-17(3)12-8-16-14(2)6-10-18(4)11-7-15-13/h5-12H2,1-4H3. The summed E-state index contributed by atoms with van der Waals surface area (Å²) >= 11 is 0. The average Bonchev–Trinajstić information content (AvgIpc) is 2.33. The van der Waals surface area contributed by atoms with Crippen LogP contribution in [0.1, 0.15) is 26.7 Å². The van der Waals surface area contributed by atoms with Gasteiger partial charge in [-0.25, -0.2) is 0 Å². The summed E-state index contributed by atoms with van der Waals surface area (Å²) in [5, 5.41) is 0. The lowest BCUT2D eigenvalue weighted by Gasteiger charge is -2.18. The molecule has 0 N–H and O–H groups in total. The maximum absolute atomic E-state index is 4.63. The lowest BCUT2D eigenvalue weighted by atomic mass is 10.2. The van der Waals surface area contributed by atoms with E-state index in [1.807, 2.05) is 0 Å². The highest BCUT2D eigenvalue weighted by molar-refractivity contribution is 5.82. The lowest BCUT2D eigenvalue weighted by molar-refractivity contribution is 0.347. The molecule has 0 atom stereocenters. The summed E-state index contributed by atoms with van der Waals surface area (Å²) < 4.78 is 0. The quantitative estimate of drug-likeness (QED) is 0.655. The Hall–Kier alpha value is -0.740. The van der Waals surface area contributed by atoms with E-state index in [2.05, 4.69) is 47.7 Å². The van der Waals surface area contributed by atoms with Crippen molar-refractivity contribution in [1.29, 1.82) is 0 Å². The molecule has 0 spiro atoms. The molecule has 4 heteroatoms. The van der Waals surface area contributed by atoms with E-state index < -0.39 is 0 Å². The van der Waals surface area contributed by atoms with Crippen LogP contribution in [0.25, 0.3) is 0 Å². The van der Waals surface area contributed by atoms with Crippen LogP contribution < -0.4 is 0 Å². The smallest absolute Gasteiger partial charge is 0.0515 e. The molecular weight excluding hydrogens is 224 g/mol. The predicted octanol–water partition coefficient (Wildman–Crippen LogP) is 1.57. The van der Waals surface area contributed by atoms with Gasteiger partial charge in [0.05, 0.1) is 13.1 Å². The second-order valence-electron chi connectivity index (χ2n) is 5.34. The largest absolute Gasteiger partial charge is 0.304 e. The second kappa shape index (κ2) is 8.38. The Bertz CT molecular complexity index is 266. The Morgan fingerprint density at radius 2 is 1.11 bits per heavy atom. The molecule has 0 unspecified atom stereocenters. The fourth-order valence-electron chi connectivity index (χ4n) is 1.91. The van der Waals surface area contributed by atoms with E-state index in [0.717, 1.165) is 52.1 Å². The first-order valence-electron chi connectivity index (χ1n) is 6.95. The second-order valence-corrected chi connectivity index (χ2v) is 5.34. The zero-order chi connectivity index (χ0) is 13.4. The first-order chi connectivity index (χ1) is 8.58. The van der Waals surface area contributed by atoms with Crippen molar-refractivity contribution in [1.82, 2.24) is 9.80 Å². The molecule has 1 aliphatic heterocycles. The van der Waals surface area contributed by atoms with Gasteiger partial charge >= 0.3 is 0 Å². The number of hydrogen-bond acceptors (Lipinski definition) is 4. The third kappa shape index (κ3) is 6.87. The van der Waals surface area contributed by atoms with Gasteiger partial charge in [0.25, 0.3) is 0 Å². The molecular formula is C14H28N4. The molecule has 0 saturated heterocycles. The lowest BCUT2D eigenvalue weighted by Crippen LogP contribution is -2.27. The van der Waals surface area contributed by atoms with E-state index in [0.29, 0.717) is 0 Å². The third-order valence-electron chi connectivity index (χ3n) is 3.44. The SMILES string of the molecule is CC1=NCCN(C)CCC(C)=NCCN(C)CC1. The van der Waals surface area contributed by atoms with Crippen LogP contribution in [0.15, 0.2) is 9.98 Å². The van der Waals surface area contributed by atoms with Crippen molar-refractivity contribution < 1.29 is 0 Å². The fraction of sp³-hybridized carbons (Fsp3) is 0.857. The van der Waals surface area contributed by atoms with Crippen molar-refractivity contribution in [3.8, 4) is 0 Å². The van der Waals surface area contributed by atoms with Gasteiger partial charge in [0, 0.05) is 37.6 Å². The summed E-state index contributed by atoms with van der Waals surface area (Å²) in [5.41, 5.74) is 2.54. The monoisotopic (exact) mass is 252 g/mol. The van der Waals surface area contributed by atoms with Crippen LogP contribution in [0.2, 0.25) is 0 Å². The minimum Gasteiger partial charge on any atom is -0.304 e. The van der Waals surface area contributed by atoms with Crippen LogP contribution in [-0.4, -0.2) is 74.6 Å². The van der Waals surface area contributed by atoms with Crippen LogP contribution in [0.3, 0.4) is 0 Å². The highest BCUT2D eigenvalue weighted by Crippen LogP contribution is 1.96. The topological polar surface area (TPSA) is 31.2 Å². The van der Waals surface area contributed by atoms with Crippen LogP contribution in [-0.2, 0) is 0 Å². The molecule has 0 aromatic carbocycles. The number of rotatable bonds is 0. The molecule has 18 heavy (non-hydrogen) atoms. The molecule has 0 aromatic heterocycles. The fourth-order valence-corrected chi connectivity index (χ4v) is 1.91. The van der Waals surface area contributed by atoms with E-state index in [1.165, 1.54) is 11.4 Å². The van der Waals surface area contributed by atoms with Gasteiger partial charge in [-0.3, -0.25) is 9.98 Å².